The molecule has 1 saturated heterocycles. The molecule has 0 unspecified atom stereocenters. The SMILES string of the molecule is CC(C)(C)C(=N)OC(=N)c1cc2c(OCCCN3CCC(c4ccc(Cl)c(Cl)c4)CC3)cccc2o1. The summed E-state index contributed by atoms with van der Waals surface area (Å²) in [6, 6.07) is 13.4. The number of ether oxygens (including phenoxy) is 2. The number of rotatable bonds is 7. The van der Waals surface area contributed by atoms with E-state index in [-0.39, 0.29) is 17.6 Å². The number of hydrogen-bond acceptors (Lipinski definition) is 6. The van der Waals surface area contributed by atoms with Crippen molar-refractivity contribution in [3.63, 3.8) is 0 Å². The number of likely N-dealkylation sites (tertiary alicyclic amines) is 1. The molecule has 0 spiro atoms. The van der Waals surface area contributed by atoms with E-state index in [9.17, 15) is 0 Å². The number of halogens is 2. The standard InChI is InChI=1S/C28H33Cl2N3O3/c1-28(2,3)27(32)36-26(31)25-17-20-23(6-4-7-24(20)35-25)34-15-5-12-33-13-10-18(11-14-33)19-8-9-21(29)22(30)16-19/h4,6-9,16-18,31-32H,5,10-15H2,1-3H3. The second-order valence-electron chi connectivity index (χ2n) is 10.3. The first kappa shape index (κ1) is 26.5. The maximum atomic E-state index is 8.20. The molecular weight excluding hydrogens is 497 g/mol. The van der Waals surface area contributed by atoms with Gasteiger partial charge in [-0.3, -0.25) is 10.8 Å². The molecule has 0 bridgehead atoms. The van der Waals surface area contributed by atoms with Crippen LogP contribution in [0, 0.1) is 16.2 Å². The van der Waals surface area contributed by atoms with Gasteiger partial charge in [0.1, 0.15) is 11.3 Å². The zero-order valence-corrected chi connectivity index (χ0v) is 22.5. The van der Waals surface area contributed by atoms with Gasteiger partial charge in [-0.15, -0.1) is 0 Å². The monoisotopic (exact) mass is 529 g/mol. The fraction of sp³-hybridized carbons (Fsp3) is 0.429. The van der Waals surface area contributed by atoms with Crippen molar-refractivity contribution >= 4 is 46.0 Å². The lowest BCUT2D eigenvalue weighted by molar-refractivity contribution is 0.193. The van der Waals surface area contributed by atoms with Crippen LogP contribution in [0.2, 0.25) is 10.0 Å². The summed E-state index contributed by atoms with van der Waals surface area (Å²) >= 11 is 12.3. The average Bonchev–Trinajstić information content (AvgIpc) is 3.29. The van der Waals surface area contributed by atoms with Gasteiger partial charge in [-0.25, -0.2) is 0 Å². The van der Waals surface area contributed by atoms with Crippen LogP contribution in [0.1, 0.15) is 57.3 Å². The molecular formula is C28H33Cl2N3O3. The molecule has 3 aromatic rings. The Bertz CT molecular complexity index is 1240. The summed E-state index contributed by atoms with van der Waals surface area (Å²) < 4.78 is 17.3. The van der Waals surface area contributed by atoms with E-state index in [1.807, 2.05) is 51.1 Å². The number of benzene rings is 2. The predicted octanol–water partition coefficient (Wildman–Crippen LogP) is 7.75. The highest BCUT2D eigenvalue weighted by molar-refractivity contribution is 6.42. The van der Waals surface area contributed by atoms with Gasteiger partial charge in [0.2, 0.25) is 0 Å². The van der Waals surface area contributed by atoms with E-state index < -0.39 is 5.41 Å². The highest BCUT2D eigenvalue weighted by Gasteiger charge is 2.23. The van der Waals surface area contributed by atoms with E-state index in [2.05, 4.69) is 11.0 Å². The number of fused-ring (bicyclic) bond motifs is 1. The Kier molecular flexibility index (Phi) is 8.28. The van der Waals surface area contributed by atoms with E-state index in [1.165, 1.54) is 5.56 Å². The van der Waals surface area contributed by atoms with E-state index in [1.54, 1.807) is 6.07 Å². The number of nitrogens with one attached hydrogen (secondary N) is 2. The lowest BCUT2D eigenvalue weighted by atomic mass is 9.89. The van der Waals surface area contributed by atoms with Crippen LogP contribution in [0.4, 0.5) is 0 Å². The minimum atomic E-state index is -0.481. The summed E-state index contributed by atoms with van der Waals surface area (Å²) in [5.74, 6) is 1.36. The van der Waals surface area contributed by atoms with Crippen LogP contribution in [0.15, 0.2) is 46.9 Å². The summed E-state index contributed by atoms with van der Waals surface area (Å²) in [4.78, 5) is 2.48. The minimum Gasteiger partial charge on any atom is -0.493 e. The molecule has 1 aromatic heterocycles. The van der Waals surface area contributed by atoms with Crippen molar-refractivity contribution in [3.8, 4) is 5.75 Å². The van der Waals surface area contributed by atoms with Gasteiger partial charge in [-0.05, 0) is 68.1 Å². The van der Waals surface area contributed by atoms with Crippen LogP contribution in [0.3, 0.4) is 0 Å². The van der Waals surface area contributed by atoms with E-state index >= 15 is 0 Å². The Morgan fingerprint density at radius 2 is 1.81 bits per heavy atom. The molecule has 2 aromatic carbocycles. The zero-order valence-electron chi connectivity index (χ0n) is 21.0. The maximum absolute atomic E-state index is 8.20. The fourth-order valence-corrected chi connectivity index (χ4v) is 4.61. The summed E-state index contributed by atoms with van der Waals surface area (Å²) in [6.45, 7) is 9.28. The third-order valence-electron chi connectivity index (χ3n) is 6.51. The molecule has 4 rings (SSSR count). The third-order valence-corrected chi connectivity index (χ3v) is 7.25. The van der Waals surface area contributed by atoms with Crippen molar-refractivity contribution in [2.45, 2.75) is 46.0 Å². The Hall–Kier alpha value is -2.54. The number of hydrogen-bond donors (Lipinski definition) is 2. The van der Waals surface area contributed by atoms with Crippen LogP contribution in [0.25, 0.3) is 11.0 Å². The van der Waals surface area contributed by atoms with Gasteiger partial charge in [0.15, 0.2) is 11.7 Å². The van der Waals surface area contributed by atoms with E-state index in [0.717, 1.165) is 50.0 Å². The molecule has 0 atom stereocenters. The predicted molar refractivity (Wildman–Crippen MR) is 146 cm³/mol. The molecule has 0 aliphatic carbocycles. The number of nitrogens with zero attached hydrogens (tertiary/aromatic N) is 1. The molecule has 8 heteroatoms. The molecule has 0 amide bonds. The Morgan fingerprint density at radius 1 is 1.06 bits per heavy atom. The van der Waals surface area contributed by atoms with E-state index in [0.29, 0.717) is 28.2 Å². The van der Waals surface area contributed by atoms with Gasteiger partial charge in [0.25, 0.3) is 5.90 Å². The first-order valence-corrected chi connectivity index (χ1v) is 13.1. The van der Waals surface area contributed by atoms with Gasteiger partial charge >= 0.3 is 0 Å². The molecule has 1 fully saturated rings. The Labute approximate surface area is 222 Å². The molecule has 1 aliphatic heterocycles. The first-order valence-electron chi connectivity index (χ1n) is 12.3. The summed E-state index contributed by atoms with van der Waals surface area (Å²) in [7, 11) is 0. The van der Waals surface area contributed by atoms with Gasteiger partial charge < -0.3 is 18.8 Å². The van der Waals surface area contributed by atoms with Crippen molar-refractivity contribution in [1.82, 2.24) is 4.90 Å². The number of furan rings is 1. The van der Waals surface area contributed by atoms with Crippen molar-refractivity contribution in [2.24, 2.45) is 5.41 Å². The largest absolute Gasteiger partial charge is 0.493 e. The van der Waals surface area contributed by atoms with Crippen LogP contribution < -0.4 is 4.74 Å². The average molecular weight is 530 g/mol. The van der Waals surface area contributed by atoms with E-state index in [4.69, 9.17) is 47.9 Å². The second kappa shape index (κ2) is 11.2. The van der Waals surface area contributed by atoms with Crippen LogP contribution in [-0.2, 0) is 4.74 Å². The summed E-state index contributed by atoms with van der Waals surface area (Å²) in [5, 5.41) is 18.2. The molecule has 0 radical (unpaired) electrons. The summed E-state index contributed by atoms with van der Waals surface area (Å²) in [5.41, 5.74) is 1.42. The van der Waals surface area contributed by atoms with Crippen molar-refractivity contribution in [2.75, 3.05) is 26.2 Å². The quantitative estimate of drug-likeness (QED) is 0.186. The molecule has 0 saturated carbocycles. The molecule has 2 heterocycles. The van der Waals surface area contributed by atoms with Crippen molar-refractivity contribution in [1.29, 1.82) is 10.8 Å². The molecule has 36 heavy (non-hydrogen) atoms. The van der Waals surface area contributed by atoms with Crippen molar-refractivity contribution < 1.29 is 13.9 Å². The molecule has 2 N–H and O–H groups in total. The van der Waals surface area contributed by atoms with Gasteiger partial charge in [-0.2, -0.15) is 0 Å². The van der Waals surface area contributed by atoms with Crippen LogP contribution in [0.5, 0.6) is 5.75 Å². The Morgan fingerprint density at radius 3 is 2.50 bits per heavy atom. The molecule has 1 aliphatic rings. The van der Waals surface area contributed by atoms with Gasteiger partial charge in [0.05, 0.1) is 22.0 Å². The van der Waals surface area contributed by atoms with Crippen LogP contribution >= 0.6 is 23.2 Å². The van der Waals surface area contributed by atoms with Gasteiger partial charge in [-0.1, -0.05) is 56.1 Å². The topological polar surface area (TPSA) is 82.5 Å². The lowest BCUT2D eigenvalue weighted by Gasteiger charge is -2.32. The Balaban J connectivity index is 1.26. The lowest BCUT2D eigenvalue weighted by Crippen LogP contribution is -2.34. The smallest absolute Gasteiger partial charge is 0.256 e. The zero-order chi connectivity index (χ0) is 25.9. The highest BCUT2D eigenvalue weighted by Crippen LogP contribution is 2.33. The summed E-state index contributed by atoms with van der Waals surface area (Å²) in [6.07, 6.45) is 3.13. The maximum Gasteiger partial charge on any atom is 0.256 e. The third kappa shape index (κ3) is 6.41. The molecule has 6 nitrogen and oxygen atoms in total. The second-order valence-corrected chi connectivity index (χ2v) is 11.1. The van der Waals surface area contributed by atoms with Crippen LogP contribution in [-0.4, -0.2) is 42.9 Å². The first-order chi connectivity index (χ1) is 17.1. The number of piperidine rings is 1. The minimum absolute atomic E-state index is 0.0189. The molecule has 192 valence electrons. The van der Waals surface area contributed by atoms with Crippen molar-refractivity contribution in [3.05, 3.63) is 63.8 Å². The fourth-order valence-electron chi connectivity index (χ4n) is 4.30. The normalized spacial score (nSPS) is 15.2. The highest BCUT2D eigenvalue weighted by atomic mass is 35.5. The van der Waals surface area contributed by atoms with Gasteiger partial charge in [0, 0.05) is 18.0 Å².